The first-order chi connectivity index (χ1) is 7.61. The van der Waals surface area contributed by atoms with E-state index < -0.39 is 0 Å². The zero-order valence-corrected chi connectivity index (χ0v) is 10.7. The lowest BCUT2D eigenvalue weighted by Crippen LogP contribution is -2.21. The smallest absolute Gasteiger partial charge is 0.123 e. The molecule has 0 radical (unpaired) electrons. The number of hydrogen-bond acceptors (Lipinski definition) is 3. The first kappa shape index (κ1) is 13.3. The summed E-state index contributed by atoms with van der Waals surface area (Å²) in [7, 11) is 0. The molecule has 1 unspecified atom stereocenters. The molecule has 0 bridgehead atoms. The van der Waals surface area contributed by atoms with Gasteiger partial charge < -0.3 is 14.5 Å². The normalized spacial score (nSPS) is 13.3. The summed E-state index contributed by atoms with van der Waals surface area (Å²) in [5.41, 5.74) is 1.21. The second kappa shape index (κ2) is 6.71. The maximum absolute atomic E-state index is 5.47. The SMILES string of the molecule is Cc1ccoc1C(C)NCCCOC(C)C. The maximum atomic E-state index is 5.47. The van der Waals surface area contributed by atoms with E-state index in [1.807, 2.05) is 6.07 Å². The zero-order valence-electron chi connectivity index (χ0n) is 10.7. The van der Waals surface area contributed by atoms with Crippen molar-refractivity contribution in [1.29, 1.82) is 0 Å². The molecule has 92 valence electrons. The van der Waals surface area contributed by atoms with Crippen LogP contribution in [0, 0.1) is 6.92 Å². The quantitative estimate of drug-likeness (QED) is 0.724. The van der Waals surface area contributed by atoms with Crippen LogP contribution in [0.3, 0.4) is 0 Å². The Labute approximate surface area is 98.2 Å². The Morgan fingerprint density at radius 1 is 1.38 bits per heavy atom. The van der Waals surface area contributed by atoms with Crippen LogP contribution in [0.2, 0.25) is 0 Å². The molecule has 1 rings (SSSR count). The molecule has 1 N–H and O–H groups in total. The van der Waals surface area contributed by atoms with Gasteiger partial charge in [-0.2, -0.15) is 0 Å². The van der Waals surface area contributed by atoms with Crippen molar-refractivity contribution in [3.8, 4) is 0 Å². The van der Waals surface area contributed by atoms with Crippen LogP contribution >= 0.6 is 0 Å². The molecule has 0 fully saturated rings. The molecule has 1 aromatic rings. The van der Waals surface area contributed by atoms with Crippen molar-refractivity contribution < 1.29 is 9.15 Å². The summed E-state index contributed by atoms with van der Waals surface area (Å²) in [4.78, 5) is 0. The van der Waals surface area contributed by atoms with Crippen LogP contribution < -0.4 is 5.32 Å². The van der Waals surface area contributed by atoms with E-state index in [-0.39, 0.29) is 6.04 Å². The molecule has 0 amide bonds. The number of furan rings is 1. The number of aryl methyl sites for hydroxylation is 1. The molecule has 0 spiro atoms. The van der Waals surface area contributed by atoms with Crippen molar-refractivity contribution in [1.82, 2.24) is 5.32 Å². The highest BCUT2D eigenvalue weighted by Crippen LogP contribution is 2.17. The van der Waals surface area contributed by atoms with Crippen molar-refractivity contribution in [2.45, 2.75) is 46.3 Å². The highest BCUT2D eigenvalue weighted by molar-refractivity contribution is 5.17. The highest BCUT2D eigenvalue weighted by atomic mass is 16.5. The highest BCUT2D eigenvalue weighted by Gasteiger charge is 2.10. The Hall–Kier alpha value is -0.800. The van der Waals surface area contributed by atoms with Crippen molar-refractivity contribution >= 4 is 0 Å². The third-order valence-corrected chi connectivity index (χ3v) is 2.52. The summed E-state index contributed by atoms with van der Waals surface area (Å²) < 4.78 is 10.9. The number of nitrogens with one attached hydrogen (secondary N) is 1. The Kier molecular flexibility index (Phi) is 5.56. The largest absolute Gasteiger partial charge is 0.467 e. The Bertz CT molecular complexity index is 294. The van der Waals surface area contributed by atoms with Gasteiger partial charge in [-0.3, -0.25) is 0 Å². The summed E-state index contributed by atoms with van der Waals surface area (Å²) in [5, 5.41) is 3.43. The van der Waals surface area contributed by atoms with Crippen LogP contribution in [0.25, 0.3) is 0 Å². The van der Waals surface area contributed by atoms with Gasteiger partial charge in [-0.1, -0.05) is 0 Å². The van der Waals surface area contributed by atoms with E-state index in [1.54, 1.807) is 6.26 Å². The summed E-state index contributed by atoms with van der Waals surface area (Å²) in [5.74, 6) is 1.03. The van der Waals surface area contributed by atoms with Crippen LogP contribution in [0.4, 0.5) is 0 Å². The van der Waals surface area contributed by atoms with Gasteiger partial charge in [0, 0.05) is 6.61 Å². The number of ether oxygens (including phenoxy) is 1. The fraction of sp³-hybridized carbons (Fsp3) is 0.692. The van der Waals surface area contributed by atoms with Gasteiger partial charge in [0.25, 0.3) is 0 Å². The monoisotopic (exact) mass is 225 g/mol. The number of rotatable bonds is 7. The van der Waals surface area contributed by atoms with Gasteiger partial charge in [0.15, 0.2) is 0 Å². The molecule has 0 saturated carbocycles. The van der Waals surface area contributed by atoms with Gasteiger partial charge in [0.05, 0.1) is 18.4 Å². The second-order valence-corrected chi connectivity index (χ2v) is 4.42. The first-order valence-electron chi connectivity index (χ1n) is 6.00. The topological polar surface area (TPSA) is 34.4 Å². The van der Waals surface area contributed by atoms with E-state index in [1.165, 1.54) is 5.56 Å². The van der Waals surface area contributed by atoms with Crippen molar-refractivity contribution in [3.05, 3.63) is 23.7 Å². The first-order valence-corrected chi connectivity index (χ1v) is 6.00. The van der Waals surface area contributed by atoms with Crippen molar-refractivity contribution in [2.75, 3.05) is 13.2 Å². The molecule has 0 aromatic carbocycles. The van der Waals surface area contributed by atoms with E-state index >= 15 is 0 Å². The van der Waals surface area contributed by atoms with E-state index in [0.29, 0.717) is 6.10 Å². The zero-order chi connectivity index (χ0) is 12.0. The van der Waals surface area contributed by atoms with Gasteiger partial charge in [0.2, 0.25) is 0 Å². The Morgan fingerprint density at radius 2 is 2.12 bits per heavy atom. The fourth-order valence-corrected chi connectivity index (χ4v) is 1.63. The average Bonchev–Trinajstić information content (AvgIpc) is 2.63. The minimum atomic E-state index is 0.272. The summed E-state index contributed by atoms with van der Waals surface area (Å²) in [6.07, 6.45) is 3.09. The Balaban J connectivity index is 2.16. The lowest BCUT2D eigenvalue weighted by atomic mass is 10.2. The summed E-state index contributed by atoms with van der Waals surface area (Å²) in [6.45, 7) is 10.1. The standard InChI is InChI=1S/C13H23NO2/c1-10(2)15-8-5-7-14-12(4)13-11(3)6-9-16-13/h6,9-10,12,14H,5,7-8H2,1-4H3. The van der Waals surface area contributed by atoms with E-state index in [2.05, 4.69) is 33.0 Å². The minimum absolute atomic E-state index is 0.272. The lowest BCUT2D eigenvalue weighted by molar-refractivity contribution is 0.0766. The summed E-state index contributed by atoms with van der Waals surface area (Å²) >= 11 is 0. The molecule has 3 heteroatoms. The molecule has 1 heterocycles. The van der Waals surface area contributed by atoms with E-state index in [9.17, 15) is 0 Å². The molecule has 3 nitrogen and oxygen atoms in total. The lowest BCUT2D eigenvalue weighted by Gasteiger charge is -2.13. The van der Waals surface area contributed by atoms with Crippen molar-refractivity contribution in [2.24, 2.45) is 0 Å². The molecular weight excluding hydrogens is 202 g/mol. The van der Waals surface area contributed by atoms with Gasteiger partial charge in [0.1, 0.15) is 5.76 Å². The van der Waals surface area contributed by atoms with E-state index in [0.717, 1.165) is 25.3 Å². The third-order valence-electron chi connectivity index (χ3n) is 2.52. The van der Waals surface area contributed by atoms with Crippen molar-refractivity contribution in [3.63, 3.8) is 0 Å². The predicted octanol–water partition coefficient (Wildman–Crippen LogP) is 3.05. The van der Waals surface area contributed by atoms with Gasteiger partial charge in [-0.15, -0.1) is 0 Å². The molecule has 0 aliphatic carbocycles. The molecule has 16 heavy (non-hydrogen) atoms. The predicted molar refractivity (Wildman–Crippen MR) is 65.6 cm³/mol. The van der Waals surface area contributed by atoms with Gasteiger partial charge in [-0.05, 0) is 52.3 Å². The van der Waals surface area contributed by atoms with Gasteiger partial charge in [-0.25, -0.2) is 0 Å². The van der Waals surface area contributed by atoms with Crippen LogP contribution in [0.1, 0.15) is 44.6 Å². The summed E-state index contributed by atoms with van der Waals surface area (Å²) in [6, 6.07) is 2.27. The minimum Gasteiger partial charge on any atom is -0.467 e. The average molecular weight is 225 g/mol. The molecule has 1 atom stereocenters. The number of hydrogen-bond donors (Lipinski definition) is 1. The van der Waals surface area contributed by atoms with Crippen LogP contribution in [0.5, 0.6) is 0 Å². The van der Waals surface area contributed by atoms with Crippen LogP contribution in [-0.4, -0.2) is 19.3 Å². The fourth-order valence-electron chi connectivity index (χ4n) is 1.63. The van der Waals surface area contributed by atoms with Gasteiger partial charge >= 0.3 is 0 Å². The Morgan fingerprint density at radius 3 is 2.69 bits per heavy atom. The van der Waals surface area contributed by atoms with Crippen LogP contribution in [0.15, 0.2) is 16.7 Å². The molecule has 0 aliphatic heterocycles. The molecule has 0 aliphatic rings. The molecular formula is C13H23NO2. The molecule has 0 saturated heterocycles. The third kappa shape index (κ3) is 4.37. The van der Waals surface area contributed by atoms with E-state index in [4.69, 9.17) is 9.15 Å². The molecule has 1 aromatic heterocycles. The second-order valence-electron chi connectivity index (χ2n) is 4.42. The maximum Gasteiger partial charge on any atom is 0.123 e. The van der Waals surface area contributed by atoms with Crippen LogP contribution in [-0.2, 0) is 4.74 Å².